The largest absolute Gasteiger partial charge is 0.462 e. The Labute approximate surface area is 169 Å². The summed E-state index contributed by atoms with van der Waals surface area (Å²) in [5.74, 6) is -2.74. The van der Waals surface area contributed by atoms with E-state index in [-0.39, 0.29) is 34.0 Å². The van der Waals surface area contributed by atoms with Crippen LogP contribution in [0.3, 0.4) is 0 Å². The SMILES string of the molecule is COCC1=C(C(=O)OCCC(F)(F)F)C(c2ccc(F)cc2Cl)C(C#N)=C(C)N1. The smallest absolute Gasteiger partial charge is 0.392 e. The minimum Gasteiger partial charge on any atom is -0.462 e. The Morgan fingerprint density at radius 3 is 2.62 bits per heavy atom. The summed E-state index contributed by atoms with van der Waals surface area (Å²) < 4.78 is 60.6. The summed E-state index contributed by atoms with van der Waals surface area (Å²) in [5, 5.41) is 12.4. The van der Waals surface area contributed by atoms with Crippen LogP contribution in [0.25, 0.3) is 0 Å². The van der Waals surface area contributed by atoms with Gasteiger partial charge in [-0.25, -0.2) is 9.18 Å². The number of hydrogen-bond donors (Lipinski definition) is 1. The van der Waals surface area contributed by atoms with Gasteiger partial charge in [0.1, 0.15) is 12.4 Å². The second kappa shape index (κ2) is 9.29. The molecule has 1 unspecified atom stereocenters. The Bertz CT molecular complexity index is 904. The molecule has 0 bridgehead atoms. The summed E-state index contributed by atoms with van der Waals surface area (Å²) in [5.41, 5.74) is 0.829. The van der Waals surface area contributed by atoms with Gasteiger partial charge in [0.25, 0.3) is 0 Å². The molecule has 10 heteroatoms. The van der Waals surface area contributed by atoms with Gasteiger partial charge in [0.15, 0.2) is 0 Å². The molecule has 0 amide bonds. The molecule has 5 nitrogen and oxygen atoms in total. The molecular formula is C19H17ClF4N2O3. The highest BCUT2D eigenvalue weighted by molar-refractivity contribution is 6.31. The number of ether oxygens (including phenoxy) is 2. The molecule has 0 aliphatic carbocycles. The molecule has 0 aromatic heterocycles. The first-order valence-electron chi connectivity index (χ1n) is 8.37. The number of carbonyl (C=O) groups is 1. The second-order valence-corrected chi connectivity index (χ2v) is 6.61. The first-order valence-corrected chi connectivity index (χ1v) is 8.75. The number of rotatable bonds is 6. The van der Waals surface area contributed by atoms with Crippen molar-refractivity contribution in [2.75, 3.05) is 20.3 Å². The molecule has 0 spiro atoms. The number of esters is 1. The zero-order valence-corrected chi connectivity index (χ0v) is 16.2. The minimum atomic E-state index is -4.50. The van der Waals surface area contributed by atoms with Gasteiger partial charge in [0, 0.05) is 17.8 Å². The lowest BCUT2D eigenvalue weighted by Gasteiger charge is -2.30. The predicted molar refractivity (Wildman–Crippen MR) is 96.1 cm³/mol. The molecule has 1 aromatic rings. The summed E-state index contributed by atoms with van der Waals surface area (Å²) in [6.07, 6.45) is -5.82. The fraction of sp³-hybridized carbons (Fsp3) is 0.368. The van der Waals surface area contributed by atoms with Gasteiger partial charge < -0.3 is 14.8 Å². The molecule has 1 N–H and O–H groups in total. The number of nitrogens with zero attached hydrogens (tertiary/aromatic N) is 1. The molecule has 1 aromatic carbocycles. The van der Waals surface area contributed by atoms with Crippen molar-refractivity contribution in [1.82, 2.24) is 5.32 Å². The van der Waals surface area contributed by atoms with Gasteiger partial charge in [0.05, 0.1) is 41.9 Å². The Hall–Kier alpha value is -2.57. The van der Waals surface area contributed by atoms with Crippen LogP contribution in [0, 0.1) is 17.1 Å². The maximum Gasteiger partial charge on any atom is 0.392 e. The fourth-order valence-corrected chi connectivity index (χ4v) is 3.20. The molecule has 1 heterocycles. The van der Waals surface area contributed by atoms with Crippen LogP contribution in [0.1, 0.15) is 24.8 Å². The van der Waals surface area contributed by atoms with E-state index in [9.17, 15) is 27.6 Å². The summed E-state index contributed by atoms with van der Waals surface area (Å²) in [6.45, 7) is 0.597. The van der Waals surface area contributed by atoms with Gasteiger partial charge in [0.2, 0.25) is 0 Å². The number of nitrogens with one attached hydrogen (secondary N) is 1. The van der Waals surface area contributed by atoms with Crippen molar-refractivity contribution in [1.29, 1.82) is 5.26 Å². The monoisotopic (exact) mass is 432 g/mol. The predicted octanol–water partition coefficient (Wildman–Crippen LogP) is 4.36. The third kappa shape index (κ3) is 5.49. The van der Waals surface area contributed by atoms with Gasteiger partial charge in [-0.3, -0.25) is 0 Å². The zero-order chi connectivity index (χ0) is 21.8. The van der Waals surface area contributed by atoms with Crippen molar-refractivity contribution < 1.29 is 31.8 Å². The van der Waals surface area contributed by atoms with E-state index >= 15 is 0 Å². The topological polar surface area (TPSA) is 71.3 Å². The third-order valence-electron chi connectivity index (χ3n) is 4.17. The summed E-state index contributed by atoms with van der Waals surface area (Å²) in [4.78, 5) is 12.7. The van der Waals surface area contributed by atoms with Gasteiger partial charge in [-0.2, -0.15) is 18.4 Å². The van der Waals surface area contributed by atoms with E-state index in [1.165, 1.54) is 13.2 Å². The Kier molecular flexibility index (Phi) is 7.27. The van der Waals surface area contributed by atoms with E-state index in [1.807, 2.05) is 6.07 Å². The molecule has 1 atom stereocenters. The maximum absolute atomic E-state index is 13.5. The van der Waals surface area contributed by atoms with Crippen molar-refractivity contribution in [2.45, 2.75) is 25.4 Å². The highest BCUT2D eigenvalue weighted by Gasteiger charge is 2.37. The standard InChI is InChI=1S/C19H17ClF4N2O3/c1-10-13(8-25)16(12-4-3-11(21)7-14(12)20)17(15(26-10)9-28-2)18(27)29-6-5-19(22,23)24/h3-4,7,16,26H,5-6,9H2,1-2H3. The molecule has 1 aliphatic heterocycles. The second-order valence-electron chi connectivity index (χ2n) is 6.20. The average molecular weight is 433 g/mol. The van der Waals surface area contributed by atoms with Gasteiger partial charge >= 0.3 is 12.1 Å². The van der Waals surface area contributed by atoms with E-state index < -0.39 is 36.9 Å². The van der Waals surface area contributed by atoms with Crippen molar-refractivity contribution in [3.05, 3.63) is 57.1 Å². The fourth-order valence-electron chi connectivity index (χ4n) is 2.93. The number of allylic oxidation sites excluding steroid dienone is 2. The van der Waals surface area contributed by atoms with Gasteiger partial charge in [-0.05, 0) is 24.6 Å². The van der Waals surface area contributed by atoms with E-state index in [2.05, 4.69) is 5.32 Å². The molecule has 0 saturated heterocycles. The lowest BCUT2D eigenvalue weighted by atomic mass is 9.81. The Morgan fingerprint density at radius 2 is 2.07 bits per heavy atom. The quantitative estimate of drug-likeness (QED) is 0.534. The van der Waals surface area contributed by atoms with Crippen molar-refractivity contribution in [2.24, 2.45) is 0 Å². The van der Waals surface area contributed by atoms with Crippen molar-refractivity contribution in [3.63, 3.8) is 0 Å². The molecular weight excluding hydrogens is 416 g/mol. The lowest BCUT2D eigenvalue weighted by Crippen LogP contribution is -2.32. The minimum absolute atomic E-state index is 0.0465. The number of halogens is 5. The summed E-state index contributed by atoms with van der Waals surface area (Å²) in [6, 6.07) is 5.41. The molecule has 156 valence electrons. The number of benzene rings is 1. The van der Waals surface area contributed by atoms with Crippen LogP contribution in [-0.2, 0) is 14.3 Å². The molecule has 0 fully saturated rings. The Balaban J connectivity index is 2.54. The molecule has 2 rings (SSSR count). The zero-order valence-electron chi connectivity index (χ0n) is 15.5. The summed E-state index contributed by atoms with van der Waals surface area (Å²) in [7, 11) is 1.36. The van der Waals surface area contributed by atoms with Crippen LogP contribution in [0.15, 0.2) is 40.7 Å². The number of alkyl halides is 3. The maximum atomic E-state index is 13.5. The molecule has 0 radical (unpaired) electrons. The highest BCUT2D eigenvalue weighted by Crippen LogP contribution is 2.41. The lowest BCUT2D eigenvalue weighted by molar-refractivity contribution is -0.156. The van der Waals surface area contributed by atoms with E-state index in [1.54, 1.807) is 6.92 Å². The first kappa shape index (κ1) is 22.7. The van der Waals surface area contributed by atoms with Crippen LogP contribution in [-0.4, -0.2) is 32.5 Å². The van der Waals surface area contributed by atoms with Gasteiger partial charge in [-0.1, -0.05) is 17.7 Å². The van der Waals surface area contributed by atoms with Crippen LogP contribution >= 0.6 is 11.6 Å². The number of nitriles is 1. The first-order chi connectivity index (χ1) is 13.6. The van der Waals surface area contributed by atoms with Crippen molar-refractivity contribution in [3.8, 4) is 6.07 Å². The van der Waals surface area contributed by atoms with Crippen LogP contribution in [0.5, 0.6) is 0 Å². The van der Waals surface area contributed by atoms with E-state index in [0.717, 1.165) is 12.1 Å². The van der Waals surface area contributed by atoms with Crippen LogP contribution < -0.4 is 5.32 Å². The number of dihydropyridines is 1. The summed E-state index contributed by atoms with van der Waals surface area (Å²) >= 11 is 6.14. The number of hydrogen-bond acceptors (Lipinski definition) is 5. The molecule has 29 heavy (non-hydrogen) atoms. The number of methoxy groups -OCH3 is 1. The highest BCUT2D eigenvalue weighted by atomic mass is 35.5. The molecule has 1 aliphatic rings. The Morgan fingerprint density at radius 1 is 1.38 bits per heavy atom. The van der Waals surface area contributed by atoms with Crippen LogP contribution in [0.2, 0.25) is 5.02 Å². The number of carbonyl (C=O) groups excluding carboxylic acids is 1. The van der Waals surface area contributed by atoms with E-state index in [4.69, 9.17) is 21.1 Å². The van der Waals surface area contributed by atoms with Crippen molar-refractivity contribution >= 4 is 17.6 Å². The molecule has 0 saturated carbocycles. The normalized spacial score (nSPS) is 17.1. The third-order valence-corrected chi connectivity index (χ3v) is 4.49. The average Bonchev–Trinajstić information content (AvgIpc) is 2.60. The van der Waals surface area contributed by atoms with Gasteiger partial charge in [-0.15, -0.1) is 0 Å². The van der Waals surface area contributed by atoms with Crippen LogP contribution in [0.4, 0.5) is 17.6 Å². The van der Waals surface area contributed by atoms with E-state index in [0.29, 0.717) is 5.70 Å².